The van der Waals surface area contributed by atoms with Gasteiger partial charge in [-0.05, 0) is 19.9 Å². The fourth-order valence-electron chi connectivity index (χ4n) is 2.95. The van der Waals surface area contributed by atoms with E-state index in [9.17, 15) is 0 Å². The third kappa shape index (κ3) is 6.64. The number of nitrogens with one attached hydrogen (secondary N) is 1. The quantitative estimate of drug-likeness (QED) is 0.555. The molecular weight excluding hydrogens is 258 g/mol. The molecule has 3 heteroatoms. The molecule has 1 aromatic heterocycles. The number of aromatic nitrogens is 2. The Bertz CT molecular complexity index is 371. The van der Waals surface area contributed by atoms with Gasteiger partial charge in [0.2, 0.25) is 0 Å². The van der Waals surface area contributed by atoms with Crippen LogP contribution in [-0.2, 0) is 7.05 Å². The van der Waals surface area contributed by atoms with E-state index in [4.69, 9.17) is 0 Å². The van der Waals surface area contributed by atoms with Gasteiger partial charge in [-0.2, -0.15) is 5.10 Å². The van der Waals surface area contributed by atoms with Crippen LogP contribution >= 0.6 is 0 Å². The predicted molar refractivity (Wildman–Crippen MR) is 91.6 cm³/mol. The number of unbranched alkanes of at least 4 members (excludes halogenated alkanes) is 7. The molecular formula is C18H35N3. The fourth-order valence-corrected chi connectivity index (χ4v) is 2.95. The van der Waals surface area contributed by atoms with E-state index in [1.54, 1.807) is 0 Å². The molecule has 0 aliphatic carbocycles. The van der Waals surface area contributed by atoms with Gasteiger partial charge in [0.1, 0.15) is 0 Å². The summed E-state index contributed by atoms with van der Waals surface area (Å²) in [6.45, 7) is 7.66. The second-order valence-electron chi connectivity index (χ2n) is 6.18. The summed E-state index contributed by atoms with van der Waals surface area (Å²) in [5.41, 5.74) is 2.67. The Hall–Kier alpha value is -0.830. The maximum absolute atomic E-state index is 4.38. The third-order valence-corrected chi connectivity index (χ3v) is 4.45. The van der Waals surface area contributed by atoms with Gasteiger partial charge in [0.05, 0.1) is 6.20 Å². The van der Waals surface area contributed by atoms with Crippen LogP contribution < -0.4 is 5.32 Å². The van der Waals surface area contributed by atoms with Crippen LogP contribution in [0.5, 0.6) is 0 Å². The topological polar surface area (TPSA) is 29.9 Å². The number of rotatable bonds is 12. The second-order valence-corrected chi connectivity index (χ2v) is 6.18. The zero-order chi connectivity index (χ0) is 15.5. The summed E-state index contributed by atoms with van der Waals surface area (Å²) in [5.74, 6) is 0. The second kappa shape index (κ2) is 10.8. The van der Waals surface area contributed by atoms with Crippen LogP contribution in [-0.4, -0.2) is 16.3 Å². The molecule has 0 aromatic carbocycles. The highest BCUT2D eigenvalue weighted by atomic mass is 15.3. The molecule has 0 saturated heterocycles. The summed E-state index contributed by atoms with van der Waals surface area (Å²) < 4.78 is 1.98. The first-order chi connectivity index (χ1) is 10.2. The van der Waals surface area contributed by atoms with Crippen molar-refractivity contribution in [3.8, 4) is 0 Å². The number of nitrogens with zero attached hydrogens (tertiary/aromatic N) is 2. The first kappa shape index (κ1) is 18.2. The molecule has 1 N–H and O–H groups in total. The first-order valence-corrected chi connectivity index (χ1v) is 8.92. The Morgan fingerprint density at radius 3 is 2.19 bits per heavy atom. The summed E-state index contributed by atoms with van der Waals surface area (Å²) >= 11 is 0. The molecule has 122 valence electrons. The van der Waals surface area contributed by atoms with Gasteiger partial charge in [0.25, 0.3) is 0 Å². The molecule has 0 radical (unpaired) electrons. The van der Waals surface area contributed by atoms with Crippen molar-refractivity contribution in [1.82, 2.24) is 15.1 Å². The Labute approximate surface area is 131 Å². The van der Waals surface area contributed by atoms with Crippen molar-refractivity contribution in [2.24, 2.45) is 7.05 Å². The van der Waals surface area contributed by atoms with Gasteiger partial charge in [0, 0.05) is 24.3 Å². The Morgan fingerprint density at radius 1 is 1.05 bits per heavy atom. The van der Waals surface area contributed by atoms with Gasteiger partial charge >= 0.3 is 0 Å². The largest absolute Gasteiger partial charge is 0.310 e. The predicted octanol–water partition coefficient (Wildman–Crippen LogP) is 4.91. The normalized spacial score (nSPS) is 12.8. The highest BCUT2D eigenvalue weighted by Crippen LogP contribution is 2.23. The van der Waals surface area contributed by atoms with E-state index in [1.807, 2.05) is 17.9 Å². The number of hydrogen-bond donors (Lipinski definition) is 1. The Morgan fingerprint density at radius 2 is 1.67 bits per heavy atom. The number of hydrogen-bond acceptors (Lipinski definition) is 2. The van der Waals surface area contributed by atoms with Crippen LogP contribution in [0, 0.1) is 6.92 Å². The third-order valence-electron chi connectivity index (χ3n) is 4.45. The van der Waals surface area contributed by atoms with Crippen LogP contribution in [0.3, 0.4) is 0 Å². The van der Waals surface area contributed by atoms with Gasteiger partial charge in [-0.25, -0.2) is 0 Å². The molecule has 0 fully saturated rings. The molecule has 0 spiro atoms. The lowest BCUT2D eigenvalue weighted by Crippen LogP contribution is -2.21. The lowest BCUT2D eigenvalue weighted by atomic mass is 10.00. The van der Waals surface area contributed by atoms with Crippen LogP contribution in [0.1, 0.15) is 88.9 Å². The molecule has 1 aromatic rings. The average Bonchev–Trinajstić information content (AvgIpc) is 2.81. The zero-order valence-electron chi connectivity index (χ0n) is 14.6. The summed E-state index contributed by atoms with van der Waals surface area (Å²) in [5, 5.41) is 8.00. The summed E-state index contributed by atoms with van der Waals surface area (Å²) in [6, 6.07) is 0.476. The van der Waals surface area contributed by atoms with Gasteiger partial charge < -0.3 is 5.32 Å². The van der Waals surface area contributed by atoms with Crippen molar-refractivity contribution < 1.29 is 0 Å². The van der Waals surface area contributed by atoms with Gasteiger partial charge in [-0.1, -0.05) is 65.2 Å². The van der Waals surface area contributed by atoms with Crippen molar-refractivity contribution in [2.75, 3.05) is 6.54 Å². The smallest absolute Gasteiger partial charge is 0.0540 e. The minimum absolute atomic E-state index is 0.476. The number of aryl methyl sites for hydroxylation is 1. The fraction of sp³-hybridized carbons (Fsp3) is 0.833. The van der Waals surface area contributed by atoms with Crippen LogP contribution in [0.15, 0.2) is 6.20 Å². The van der Waals surface area contributed by atoms with Crippen molar-refractivity contribution >= 4 is 0 Å². The maximum Gasteiger partial charge on any atom is 0.0540 e. The van der Waals surface area contributed by atoms with E-state index in [0.29, 0.717) is 6.04 Å². The van der Waals surface area contributed by atoms with Gasteiger partial charge in [-0.3, -0.25) is 4.68 Å². The molecule has 1 atom stereocenters. The molecule has 21 heavy (non-hydrogen) atoms. The summed E-state index contributed by atoms with van der Waals surface area (Å²) in [7, 11) is 2.03. The molecule has 0 aliphatic rings. The first-order valence-electron chi connectivity index (χ1n) is 8.92. The molecule has 0 saturated carbocycles. The van der Waals surface area contributed by atoms with Crippen molar-refractivity contribution in [1.29, 1.82) is 0 Å². The van der Waals surface area contributed by atoms with Crippen molar-refractivity contribution in [3.63, 3.8) is 0 Å². The summed E-state index contributed by atoms with van der Waals surface area (Å²) in [4.78, 5) is 0. The minimum atomic E-state index is 0.476. The van der Waals surface area contributed by atoms with E-state index >= 15 is 0 Å². The monoisotopic (exact) mass is 293 g/mol. The maximum atomic E-state index is 4.38. The standard InChI is InChI=1S/C18H35N3/c1-5-7-8-9-10-11-12-13-14-18(19-6-2)17-15-20-21(4)16(17)3/h15,18-19H,5-14H2,1-4H3. The summed E-state index contributed by atoms with van der Waals surface area (Å²) in [6.07, 6.45) is 14.4. The SMILES string of the molecule is CCCCCCCCCCC(NCC)c1cnn(C)c1C. The van der Waals surface area contributed by atoms with E-state index in [0.717, 1.165) is 6.54 Å². The Kier molecular flexibility index (Phi) is 9.40. The van der Waals surface area contributed by atoms with E-state index < -0.39 is 0 Å². The average molecular weight is 293 g/mol. The van der Waals surface area contributed by atoms with Crippen LogP contribution in [0.2, 0.25) is 0 Å². The lowest BCUT2D eigenvalue weighted by Gasteiger charge is -2.17. The molecule has 1 unspecified atom stereocenters. The van der Waals surface area contributed by atoms with Crippen LogP contribution in [0.25, 0.3) is 0 Å². The molecule has 3 nitrogen and oxygen atoms in total. The molecule has 1 heterocycles. The van der Waals surface area contributed by atoms with Crippen molar-refractivity contribution in [2.45, 2.75) is 84.6 Å². The van der Waals surface area contributed by atoms with Crippen LogP contribution in [0.4, 0.5) is 0 Å². The highest BCUT2D eigenvalue weighted by molar-refractivity contribution is 5.20. The Balaban J connectivity index is 2.24. The molecule has 0 amide bonds. The van der Waals surface area contributed by atoms with E-state index in [-0.39, 0.29) is 0 Å². The lowest BCUT2D eigenvalue weighted by molar-refractivity contribution is 0.473. The zero-order valence-corrected chi connectivity index (χ0v) is 14.6. The minimum Gasteiger partial charge on any atom is -0.310 e. The van der Waals surface area contributed by atoms with E-state index in [1.165, 1.54) is 69.0 Å². The molecule has 0 aliphatic heterocycles. The highest BCUT2D eigenvalue weighted by Gasteiger charge is 2.15. The van der Waals surface area contributed by atoms with Crippen molar-refractivity contribution in [3.05, 3.63) is 17.5 Å². The van der Waals surface area contributed by atoms with Gasteiger partial charge in [-0.15, -0.1) is 0 Å². The molecule has 0 bridgehead atoms. The van der Waals surface area contributed by atoms with E-state index in [2.05, 4.69) is 31.2 Å². The van der Waals surface area contributed by atoms with Gasteiger partial charge in [0.15, 0.2) is 0 Å². The molecule has 1 rings (SSSR count).